The van der Waals surface area contributed by atoms with Crippen molar-refractivity contribution in [2.75, 3.05) is 0 Å². The van der Waals surface area contributed by atoms with Gasteiger partial charge in [0.15, 0.2) is 6.20 Å². The lowest BCUT2D eigenvalue weighted by atomic mass is 9.92. The maximum Gasteiger partial charge on any atom is 0.219 e. The summed E-state index contributed by atoms with van der Waals surface area (Å²) >= 11 is 0. The van der Waals surface area contributed by atoms with Crippen LogP contribution in [0.2, 0.25) is 0 Å². The van der Waals surface area contributed by atoms with E-state index < -0.39 is 6.85 Å². The van der Waals surface area contributed by atoms with E-state index in [0.717, 1.165) is 27.5 Å². The summed E-state index contributed by atoms with van der Waals surface area (Å²) < 4.78 is 47.5. The minimum atomic E-state index is -2.38. The lowest BCUT2D eigenvalue weighted by Gasteiger charge is -2.11. The van der Waals surface area contributed by atoms with Crippen LogP contribution in [0.1, 0.15) is 20.8 Å². The van der Waals surface area contributed by atoms with Gasteiger partial charge in [-0.05, 0) is 53.7 Å². The van der Waals surface area contributed by atoms with Crippen molar-refractivity contribution in [3.05, 3.63) is 114 Å². The standard InChI is InChI=1S/C33H24FN2O/c1-20-9-12-27-28-14-11-24(19-35)31(23-10-13-26(21(2)17-23)22-7-5-4-6-8-22)33(28)37-32(27)30(20)29-18-25(34)15-16-36(29)3/h4-18H,1-3H3/q+1/i2D3. The SMILES string of the molecule is [2H]C([2H])([2H])c1cc(-c2c(C#N)ccc3c2oc2c(-c4cc(F)cc[n+]4C)c(C)ccc23)ccc1-c1ccccc1. The van der Waals surface area contributed by atoms with Crippen LogP contribution < -0.4 is 4.57 Å². The van der Waals surface area contributed by atoms with Crippen LogP contribution in [-0.4, -0.2) is 0 Å². The van der Waals surface area contributed by atoms with Crippen LogP contribution in [-0.2, 0) is 7.05 Å². The third-order valence-electron chi connectivity index (χ3n) is 6.90. The van der Waals surface area contributed by atoms with Gasteiger partial charge in [0.2, 0.25) is 5.69 Å². The minimum Gasteiger partial charge on any atom is -0.454 e. The molecule has 0 aliphatic carbocycles. The Morgan fingerprint density at radius 1 is 0.838 bits per heavy atom. The van der Waals surface area contributed by atoms with Gasteiger partial charge in [-0.2, -0.15) is 5.26 Å². The smallest absolute Gasteiger partial charge is 0.219 e. The fourth-order valence-electron chi connectivity index (χ4n) is 5.06. The number of rotatable bonds is 3. The van der Waals surface area contributed by atoms with Crippen LogP contribution in [0.3, 0.4) is 0 Å². The van der Waals surface area contributed by atoms with Crippen LogP contribution in [0.25, 0.3) is 55.4 Å². The van der Waals surface area contributed by atoms with Crippen molar-refractivity contribution in [2.24, 2.45) is 7.05 Å². The number of hydrogen-bond acceptors (Lipinski definition) is 2. The number of pyridine rings is 1. The van der Waals surface area contributed by atoms with Crippen molar-refractivity contribution in [1.82, 2.24) is 0 Å². The van der Waals surface area contributed by atoms with Crippen molar-refractivity contribution >= 4 is 21.9 Å². The first kappa shape index (κ1) is 19.4. The number of nitriles is 1. The Balaban J connectivity index is 1.67. The predicted octanol–water partition coefficient (Wildman–Crippen LogP) is 8.04. The Hall–Kier alpha value is -4.75. The number of hydrogen-bond donors (Lipinski definition) is 0. The van der Waals surface area contributed by atoms with Gasteiger partial charge in [0.1, 0.15) is 24.0 Å². The first-order chi connectivity index (χ1) is 19.2. The molecule has 4 aromatic carbocycles. The van der Waals surface area contributed by atoms with Crippen molar-refractivity contribution in [1.29, 1.82) is 5.26 Å². The van der Waals surface area contributed by atoms with E-state index >= 15 is 0 Å². The number of benzene rings is 4. The van der Waals surface area contributed by atoms with E-state index in [9.17, 15) is 9.65 Å². The molecule has 0 saturated heterocycles. The highest BCUT2D eigenvalue weighted by Crippen LogP contribution is 2.42. The zero-order valence-electron chi connectivity index (χ0n) is 23.3. The number of fused-ring (bicyclic) bond motifs is 3. The average molecular weight is 487 g/mol. The number of nitrogens with zero attached hydrogens (tertiary/aromatic N) is 2. The van der Waals surface area contributed by atoms with E-state index in [2.05, 4.69) is 6.07 Å². The summed E-state index contributed by atoms with van der Waals surface area (Å²) in [5, 5.41) is 11.7. The molecule has 0 bridgehead atoms. The summed E-state index contributed by atoms with van der Waals surface area (Å²) in [6.07, 6.45) is 1.66. The molecule has 4 heteroatoms. The molecule has 0 N–H and O–H groups in total. The second-order valence-electron chi connectivity index (χ2n) is 9.18. The Kier molecular flexibility index (Phi) is 4.58. The molecule has 0 unspecified atom stereocenters. The molecule has 3 nitrogen and oxygen atoms in total. The minimum absolute atomic E-state index is 0.191. The molecule has 0 atom stereocenters. The van der Waals surface area contributed by atoms with Gasteiger partial charge in [-0.25, -0.2) is 8.96 Å². The zero-order chi connectivity index (χ0) is 28.2. The first-order valence-electron chi connectivity index (χ1n) is 13.4. The average Bonchev–Trinajstić information content (AvgIpc) is 3.32. The lowest BCUT2D eigenvalue weighted by molar-refractivity contribution is -0.660. The van der Waals surface area contributed by atoms with Gasteiger partial charge in [-0.3, -0.25) is 0 Å². The van der Waals surface area contributed by atoms with E-state index in [1.54, 1.807) is 24.4 Å². The molecule has 0 aliphatic heterocycles. The van der Waals surface area contributed by atoms with E-state index in [1.165, 1.54) is 12.1 Å². The fourth-order valence-corrected chi connectivity index (χ4v) is 5.06. The second kappa shape index (κ2) is 8.72. The first-order valence-corrected chi connectivity index (χ1v) is 11.9. The summed E-state index contributed by atoms with van der Waals surface area (Å²) in [7, 11) is 1.85. The molecule has 0 aliphatic rings. The Labute approximate surface area is 218 Å². The van der Waals surface area contributed by atoms with Crippen molar-refractivity contribution in [3.8, 4) is 39.6 Å². The highest BCUT2D eigenvalue weighted by Gasteiger charge is 2.23. The van der Waals surface area contributed by atoms with Gasteiger partial charge in [-0.15, -0.1) is 0 Å². The van der Waals surface area contributed by atoms with Gasteiger partial charge in [0, 0.05) is 32.6 Å². The monoisotopic (exact) mass is 486 g/mol. The Morgan fingerprint density at radius 3 is 2.35 bits per heavy atom. The van der Waals surface area contributed by atoms with Gasteiger partial charge in [0.05, 0.1) is 17.2 Å². The van der Waals surface area contributed by atoms with E-state index in [4.69, 9.17) is 8.53 Å². The summed E-state index contributed by atoms with van der Waals surface area (Å²) in [4.78, 5) is 0. The largest absolute Gasteiger partial charge is 0.454 e. The second-order valence-corrected chi connectivity index (χ2v) is 9.18. The third-order valence-corrected chi connectivity index (χ3v) is 6.90. The third kappa shape index (κ3) is 3.68. The molecule has 0 spiro atoms. The fraction of sp³-hybridized carbons (Fsp3) is 0.0909. The van der Waals surface area contributed by atoms with Gasteiger partial charge < -0.3 is 4.42 Å². The van der Waals surface area contributed by atoms with Crippen LogP contribution in [0.5, 0.6) is 0 Å². The summed E-state index contributed by atoms with van der Waals surface area (Å²) in [6.45, 7) is -0.439. The predicted molar refractivity (Wildman–Crippen MR) is 145 cm³/mol. The summed E-state index contributed by atoms with van der Waals surface area (Å²) in [6, 6.07) is 27.3. The maximum absolute atomic E-state index is 14.3. The summed E-state index contributed by atoms with van der Waals surface area (Å²) in [5.41, 5.74) is 6.42. The van der Waals surface area contributed by atoms with Crippen molar-refractivity contribution < 1.29 is 17.5 Å². The molecular weight excluding hydrogens is 459 g/mol. The van der Waals surface area contributed by atoms with Crippen LogP contribution in [0.15, 0.2) is 95.5 Å². The van der Waals surface area contributed by atoms with Gasteiger partial charge in [0.25, 0.3) is 0 Å². The topological polar surface area (TPSA) is 40.8 Å². The van der Waals surface area contributed by atoms with E-state index in [-0.39, 0.29) is 11.4 Å². The van der Waals surface area contributed by atoms with Crippen LogP contribution in [0.4, 0.5) is 4.39 Å². The number of aryl methyl sites for hydroxylation is 3. The highest BCUT2D eigenvalue weighted by molar-refractivity contribution is 6.14. The number of halogens is 1. The quantitative estimate of drug-likeness (QED) is 0.238. The lowest BCUT2D eigenvalue weighted by Crippen LogP contribution is -2.30. The summed E-state index contributed by atoms with van der Waals surface area (Å²) in [5.74, 6) is -0.358. The molecule has 6 rings (SSSR count). The van der Waals surface area contributed by atoms with E-state index in [0.29, 0.717) is 39.1 Å². The Morgan fingerprint density at radius 2 is 1.59 bits per heavy atom. The molecule has 2 aromatic heterocycles. The molecule has 6 aromatic rings. The number of aromatic nitrogens is 1. The molecule has 0 saturated carbocycles. The Bertz CT molecular complexity index is 1990. The highest BCUT2D eigenvalue weighted by atomic mass is 19.1. The molecule has 0 amide bonds. The molecule has 2 heterocycles. The molecular formula is C33H24FN2O+. The molecule has 0 fully saturated rings. The van der Waals surface area contributed by atoms with Crippen molar-refractivity contribution in [2.45, 2.75) is 13.8 Å². The molecule has 0 radical (unpaired) electrons. The van der Waals surface area contributed by atoms with E-state index in [1.807, 2.05) is 73.1 Å². The van der Waals surface area contributed by atoms with Crippen LogP contribution >= 0.6 is 0 Å². The number of furan rings is 1. The van der Waals surface area contributed by atoms with Gasteiger partial charge in [-0.1, -0.05) is 60.7 Å². The maximum atomic E-state index is 14.3. The zero-order valence-corrected chi connectivity index (χ0v) is 20.3. The molecule has 178 valence electrons. The van der Waals surface area contributed by atoms with Crippen LogP contribution in [0, 0.1) is 30.9 Å². The molecule has 37 heavy (non-hydrogen) atoms. The van der Waals surface area contributed by atoms with Crippen molar-refractivity contribution in [3.63, 3.8) is 0 Å². The normalized spacial score (nSPS) is 12.8. The van der Waals surface area contributed by atoms with Gasteiger partial charge >= 0.3 is 0 Å².